The Morgan fingerprint density at radius 3 is 2.67 bits per heavy atom. The maximum absolute atomic E-state index is 15.0. The topological polar surface area (TPSA) is 60.2 Å². The van der Waals surface area contributed by atoms with Gasteiger partial charge in [-0.3, -0.25) is 4.79 Å². The van der Waals surface area contributed by atoms with Crippen molar-refractivity contribution in [1.29, 1.82) is 0 Å². The fraction of sp³-hybridized carbons (Fsp3) is 0.269. The van der Waals surface area contributed by atoms with Gasteiger partial charge in [0.05, 0.1) is 24.4 Å². The van der Waals surface area contributed by atoms with E-state index >= 15 is 4.39 Å². The first-order valence-corrected chi connectivity index (χ1v) is 11.1. The number of hydrogen-bond donors (Lipinski definition) is 0. The van der Waals surface area contributed by atoms with Gasteiger partial charge in [0, 0.05) is 54.5 Å². The fourth-order valence-electron chi connectivity index (χ4n) is 4.46. The molecule has 0 saturated carbocycles. The van der Waals surface area contributed by atoms with Crippen LogP contribution < -0.4 is 10.5 Å². The zero-order valence-electron chi connectivity index (χ0n) is 18.7. The van der Waals surface area contributed by atoms with E-state index in [1.165, 1.54) is 18.5 Å². The van der Waals surface area contributed by atoms with Gasteiger partial charge < -0.3 is 14.2 Å². The summed E-state index contributed by atoms with van der Waals surface area (Å²) in [5.41, 5.74) is 4.52. The molecule has 1 saturated heterocycles. The summed E-state index contributed by atoms with van der Waals surface area (Å²) in [6, 6.07) is 16.3. The molecule has 0 aliphatic carbocycles. The zero-order valence-corrected chi connectivity index (χ0v) is 18.7. The highest BCUT2D eigenvalue weighted by Gasteiger charge is 2.18. The van der Waals surface area contributed by atoms with Crippen LogP contribution in [-0.4, -0.2) is 40.8 Å². The van der Waals surface area contributed by atoms with Crippen LogP contribution in [0.25, 0.3) is 22.2 Å². The van der Waals surface area contributed by atoms with Gasteiger partial charge in [-0.05, 0) is 42.0 Å². The van der Waals surface area contributed by atoms with Crippen LogP contribution in [0.15, 0.2) is 65.7 Å². The van der Waals surface area contributed by atoms with Gasteiger partial charge in [-0.1, -0.05) is 19.1 Å². The van der Waals surface area contributed by atoms with Crippen LogP contribution in [0.4, 0.5) is 10.1 Å². The molecular formula is C26H25FN4O2. The minimum atomic E-state index is -0.342. The number of hydrogen-bond acceptors (Lipinski definition) is 5. The van der Waals surface area contributed by atoms with Gasteiger partial charge in [0.2, 0.25) is 5.56 Å². The number of ether oxygens (including phenoxy) is 1. The molecule has 1 aliphatic heterocycles. The molecule has 0 amide bonds. The molecule has 6 nitrogen and oxygen atoms in total. The van der Waals surface area contributed by atoms with Crippen LogP contribution in [0, 0.1) is 5.82 Å². The molecule has 1 aliphatic rings. The molecule has 33 heavy (non-hydrogen) atoms. The highest BCUT2D eigenvalue weighted by atomic mass is 19.1. The van der Waals surface area contributed by atoms with Crippen molar-refractivity contribution in [1.82, 2.24) is 14.5 Å². The Kier molecular flexibility index (Phi) is 5.64. The Hall–Kier alpha value is -3.58. The number of nitrogens with zero attached hydrogens (tertiary/aromatic N) is 4. The Labute approximate surface area is 191 Å². The van der Waals surface area contributed by atoms with Gasteiger partial charge in [-0.15, -0.1) is 0 Å². The molecule has 7 heteroatoms. The predicted molar refractivity (Wildman–Crippen MR) is 127 cm³/mol. The molecule has 2 aromatic carbocycles. The average Bonchev–Trinajstić information content (AvgIpc) is 2.85. The molecule has 0 bridgehead atoms. The first-order valence-electron chi connectivity index (χ1n) is 11.1. The van der Waals surface area contributed by atoms with E-state index < -0.39 is 0 Å². The van der Waals surface area contributed by atoms with Crippen molar-refractivity contribution in [3.05, 3.63) is 88.4 Å². The second-order valence-corrected chi connectivity index (χ2v) is 8.33. The molecule has 5 rings (SSSR count). The maximum atomic E-state index is 15.0. The lowest BCUT2D eigenvalue weighted by atomic mass is 9.93. The predicted octanol–water partition coefficient (Wildman–Crippen LogP) is 4.12. The lowest BCUT2D eigenvalue weighted by Gasteiger charge is -2.29. The number of fused-ring (bicyclic) bond motifs is 1. The lowest BCUT2D eigenvalue weighted by molar-refractivity contribution is 0.122. The smallest absolute Gasteiger partial charge is 0.250 e. The van der Waals surface area contributed by atoms with E-state index in [0.717, 1.165) is 40.9 Å². The summed E-state index contributed by atoms with van der Waals surface area (Å²) in [5, 5.41) is 0.797. The molecule has 168 valence electrons. The van der Waals surface area contributed by atoms with Gasteiger partial charge in [-0.25, -0.2) is 14.4 Å². The lowest BCUT2D eigenvalue weighted by Crippen LogP contribution is -2.36. The van der Waals surface area contributed by atoms with E-state index in [1.54, 1.807) is 23.7 Å². The Bertz CT molecular complexity index is 1380. The molecule has 3 heterocycles. The van der Waals surface area contributed by atoms with Crippen LogP contribution in [0.5, 0.6) is 0 Å². The van der Waals surface area contributed by atoms with Crippen LogP contribution in [0.3, 0.4) is 0 Å². The van der Waals surface area contributed by atoms with Gasteiger partial charge in [0.25, 0.3) is 0 Å². The molecule has 2 aromatic heterocycles. The summed E-state index contributed by atoms with van der Waals surface area (Å²) in [5.74, 6) is -0.436. The standard InChI is InChI=1S/C26H25FN4O2/c1-17(24-4-3-5-25(32)30(24)2)18-6-9-22(27)21(14-18)26-20-8-7-19(15-23(20)28-16-29-26)31-10-12-33-13-11-31/h3-9,14-17H,10-13H2,1-2H3. The summed E-state index contributed by atoms with van der Waals surface area (Å²) in [4.78, 5) is 23.2. The molecule has 1 unspecified atom stereocenters. The Morgan fingerprint density at radius 2 is 1.85 bits per heavy atom. The van der Waals surface area contributed by atoms with Crippen LogP contribution in [-0.2, 0) is 11.8 Å². The molecule has 4 aromatic rings. The average molecular weight is 445 g/mol. The SMILES string of the molecule is CC(c1ccc(F)c(-c2ncnc3cc(N4CCOCC4)ccc23)c1)c1cccc(=O)n1C. The molecule has 1 atom stereocenters. The van der Waals surface area contributed by atoms with E-state index in [2.05, 4.69) is 14.9 Å². The van der Waals surface area contributed by atoms with Crippen LogP contribution >= 0.6 is 0 Å². The fourth-order valence-corrected chi connectivity index (χ4v) is 4.46. The number of pyridine rings is 1. The zero-order chi connectivity index (χ0) is 22.9. The van der Waals surface area contributed by atoms with Gasteiger partial charge in [0.1, 0.15) is 12.1 Å². The number of rotatable bonds is 4. The number of halogens is 1. The monoisotopic (exact) mass is 444 g/mol. The van der Waals surface area contributed by atoms with Crippen molar-refractivity contribution >= 4 is 16.6 Å². The number of benzene rings is 2. The van der Waals surface area contributed by atoms with E-state index in [0.29, 0.717) is 24.5 Å². The summed E-state index contributed by atoms with van der Waals surface area (Å²) in [6.45, 7) is 5.09. The van der Waals surface area contributed by atoms with E-state index in [1.807, 2.05) is 37.3 Å². The van der Waals surface area contributed by atoms with Crippen molar-refractivity contribution in [2.45, 2.75) is 12.8 Å². The van der Waals surface area contributed by atoms with Crippen molar-refractivity contribution < 1.29 is 9.13 Å². The van der Waals surface area contributed by atoms with Crippen LogP contribution in [0.2, 0.25) is 0 Å². The first kappa shape index (κ1) is 21.3. The maximum Gasteiger partial charge on any atom is 0.250 e. The number of morpholine rings is 1. The highest BCUT2D eigenvalue weighted by molar-refractivity contribution is 5.94. The third kappa shape index (κ3) is 4.00. The van der Waals surface area contributed by atoms with Gasteiger partial charge in [-0.2, -0.15) is 0 Å². The van der Waals surface area contributed by atoms with Gasteiger partial charge >= 0.3 is 0 Å². The second-order valence-electron chi connectivity index (χ2n) is 8.33. The van der Waals surface area contributed by atoms with E-state index in [-0.39, 0.29) is 17.3 Å². The van der Waals surface area contributed by atoms with Crippen LogP contribution in [0.1, 0.15) is 24.1 Å². The molecular weight excluding hydrogens is 419 g/mol. The summed E-state index contributed by atoms with van der Waals surface area (Å²) < 4.78 is 22.1. The Balaban J connectivity index is 1.57. The Morgan fingerprint density at radius 1 is 1.03 bits per heavy atom. The summed E-state index contributed by atoms with van der Waals surface area (Å²) in [7, 11) is 1.75. The third-order valence-electron chi connectivity index (χ3n) is 6.41. The van der Waals surface area contributed by atoms with Crippen molar-refractivity contribution in [2.75, 3.05) is 31.2 Å². The molecule has 0 N–H and O–H groups in total. The van der Waals surface area contributed by atoms with Gasteiger partial charge in [0.15, 0.2) is 0 Å². The van der Waals surface area contributed by atoms with Crippen molar-refractivity contribution in [3.8, 4) is 11.3 Å². The summed E-state index contributed by atoms with van der Waals surface area (Å²) in [6.07, 6.45) is 1.48. The summed E-state index contributed by atoms with van der Waals surface area (Å²) >= 11 is 0. The quantitative estimate of drug-likeness (QED) is 0.474. The largest absolute Gasteiger partial charge is 0.378 e. The minimum absolute atomic E-state index is 0.0699. The molecule has 0 radical (unpaired) electrons. The molecule has 1 fully saturated rings. The highest BCUT2D eigenvalue weighted by Crippen LogP contribution is 2.33. The normalized spacial score (nSPS) is 15.1. The minimum Gasteiger partial charge on any atom is -0.378 e. The van der Waals surface area contributed by atoms with E-state index in [9.17, 15) is 4.79 Å². The number of aromatic nitrogens is 3. The van der Waals surface area contributed by atoms with Crippen molar-refractivity contribution in [2.24, 2.45) is 7.05 Å². The first-order chi connectivity index (χ1) is 16.0. The molecule has 0 spiro atoms. The number of anilines is 1. The van der Waals surface area contributed by atoms with Crippen molar-refractivity contribution in [3.63, 3.8) is 0 Å². The third-order valence-corrected chi connectivity index (χ3v) is 6.41. The second kappa shape index (κ2) is 8.75. The van der Waals surface area contributed by atoms with E-state index in [4.69, 9.17) is 4.74 Å².